The molecular weight excluding hydrogens is 416 g/mol. The number of aliphatic hydroxyl groups is 1. The first kappa shape index (κ1) is 22.6. The summed E-state index contributed by atoms with van der Waals surface area (Å²) in [6.45, 7) is 2.83. The Labute approximate surface area is 193 Å². The van der Waals surface area contributed by atoms with Gasteiger partial charge in [0.05, 0.1) is 18.7 Å². The number of fused-ring (bicyclic) bond motifs is 1. The molecule has 0 aliphatic carbocycles. The number of carbonyl (C=O) groups excluding carboxylic acids is 2. The van der Waals surface area contributed by atoms with Crippen LogP contribution in [-0.4, -0.2) is 60.9 Å². The lowest BCUT2D eigenvalue weighted by Crippen LogP contribution is -2.35. The van der Waals surface area contributed by atoms with Gasteiger partial charge in [-0.2, -0.15) is 0 Å². The van der Waals surface area contributed by atoms with Crippen LogP contribution in [0.3, 0.4) is 0 Å². The molecule has 170 valence electrons. The molecule has 1 N–H and O–H groups in total. The van der Waals surface area contributed by atoms with Crippen molar-refractivity contribution in [2.24, 2.45) is 0 Å². The van der Waals surface area contributed by atoms with Crippen molar-refractivity contribution in [1.82, 2.24) is 9.80 Å². The average molecular weight is 445 g/mol. The molecule has 3 aromatic rings. The number of likely N-dealkylation sites (N-methyl/N-ethyl adjacent to an activating group) is 1. The number of Topliss-reactive ketones (excluding diaryl/α,β-unsaturated/α-hetero) is 1. The van der Waals surface area contributed by atoms with E-state index in [0.717, 1.165) is 21.9 Å². The summed E-state index contributed by atoms with van der Waals surface area (Å²) in [5, 5.41) is 13.3. The third kappa shape index (κ3) is 4.10. The van der Waals surface area contributed by atoms with Crippen LogP contribution in [0.1, 0.15) is 22.7 Å². The zero-order chi connectivity index (χ0) is 23.7. The topological polar surface area (TPSA) is 70.1 Å². The average Bonchev–Trinajstić information content (AvgIpc) is 3.06. The number of likely N-dealkylation sites (tertiary alicyclic amines) is 1. The van der Waals surface area contributed by atoms with E-state index < -0.39 is 17.7 Å². The van der Waals surface area contributed by atoms with Crippen LogP contribution in [0.25, 0.3) is 16.5 Å². The summed E-state index contributed by atoms with van der Waals surface area (Å²) >= 11 is 0. The van der Waals surface area contributed by atoms with E-state index in [4.69, 9.17) is 4.74 Å². The number of methoxy groups -OCH3 is 1. The number of rotatable bonds is 6. The fourth-order valence-electron chi connectivity index (χ4n) is 4.41. The van der Waals surface area contributed by atoms with Crippen molar-refractivity contribution in [3.63, 3.8) is 0 Å². The molecule has 0 bridgehead atoms. The van der Waals surface area contributed by atoms with Gasteiger partial charge in [-0.25, -0.2) is 0 Å². The summed E-state index contributed by atoms with van der Waals surface area (Å²) in [5.74, 6) is -0.757. The Morgan fingerprint density at radius 3 is 2.48 bits per heavy atom. The Bertz CT molecular complexity index is 1260. The van der Waals surface area contributed by atoms with E-state index in [-0.39, 0.29) is 11.3 Å². The van der Waals surface area contributed by atoms with Crippen LogP contribution < -0.4 is 4.74 Å². The van der Waals surface area contributed by atoms with Crippen molar-refractivity contribution in [2.45, 2.75) is 13.0 Å². The van der Waals surface area contributed by atoms with E-state index >= 15 is 0 Å². The summed E-state index contributed by atoms with van der Waals surface area (Å²) in [4.78, 5) is 29.9. The van der Waals surface area contributed by atoms with Gasteiger partial charge in [-0.1, -0.05) is 42.5 Å². The van der Waals surface area contributed by atoms with Crippen molar-refractivity contribution in [1.29, 1.82) is 0 Å². The fraction of sp³-hybridized carbons (Fsp3) is 0.259. The monoisotopic (exact) mass is 444 g/mol. The van der Waals surface area contributed by atoms with Crippen LogP contribution in [0.5, 0.6) is 5.75 Å². The van der Waals surface area contributed by atoms with Gasteiger partial charge in [0.25, 0.3) is 11.7 Å². The maximum absolute atomic E-state index is 13.3. The number of benzene rings is 3. The highest BCUT2D eigenvalue weighted by Crippen LogP contribution is 2.42. The number of amides is 1. The molecule has 0 spiro atoms. The van der Waals surface area contributed by atoms with Crippen LogP contribution in [0, 0.1) is 6.92 Å². The predicted molar refractivity (Wildman–Crippen MR) is 129 cm³/mol. The van der Waals surface area contributed by atoms with E-state index in [0.29, 0.717) is 24.4 Å². The number of hydrogen-bond acceptors (Lipinski definition) is 5. The molecule has 6 nitrogen and oxygen atoms in total. The van der Waals surface area contributed by atoms with E-state index in [1.165, 1.54) is 0 Å². The van der Waals surface area contributed by atoms with E-state index in [2.05, 4.69) is 0 Å². The second-order valence-electron chi connectivity index (χ2n) is 8.55. The summed E-state index contributed by atoms with van der Waals surface area (Å²) in [6, 6.07) is 18.2. The fourth-order valence-corrected chi connectivity index (χ4v) is 4.41. The molecule has 4 rings (SSSR count). The molecule has 1 amide bonds. The second-order valence-corrected chi connectivity index (χ2v) is 8.55. The van der Waals surface area contributed by atoms with Gasteiger partial charge in [-0.15, -0.1) is 0 Å². The van der Waals surface area contributed by atoms with Crippen molar-refractivity contribution in [3.8, 4) is 5.75 Å². The van der Waals surface area contributed by atoms with Crippen LogP contribution in [-0.2, 0) is 9.59 Å². The van der Waals surface area contributed by atoms with E-state index in [9.17, 15) is 14.7 Å². The van der Waals surface area contributed by atoms with Crippen LogP contribution in [0.15, 0.2) is 66.2 Å². The molecule has 1 aliphatic heterocycles. The third-order valence-electron chi connectivity index (χ3n) is 6.11. The summed E-state index contributed by atoms with van der Waals surface area (Å²) in [7, 11) is 5.42. The molecule has 1 saturated heterocycles. The second kappa shape index (κ2) is 9.08. The Morgan fingerprint density at radius 1 is 1.06 bits per heavy atom. The zero-order valence-electron chi connectivity index (χ0n) is 19.3. The summed E-state index contributed by atoms with van der Waals surface area (Å²) in [5.41, 5.74) is 2.23. The molecule has 33 heavy (non-hydrogen) atoms. The lowest BCUT2D eigenvalue weighted by atomic mass is 9.91. The van der Waals surface area contributed by atoms with Crippen molar-refractivity contribution in [3.05, 3.63) is 82.9 Å². The minimum absolute atomic E-state index is 0.111. The van der Waals surface area contributed by atoms with Crippen LogP contribution in [0.2, 0.25) is 0 Å². The molecule has 0 saturated carbocycles. The Kier molecular flexibility index (Phi) is 6.20. The van der Waals surface area contributed by atoms with Gasteiger partial charge in [0.15, 0.2) is 0 Å². The standard InChI is InChI=1S/C27H28N2O4/c1-17-16-19(12-13-22(17)33-4)25(30)23-24(29(15-14-28(2)3)27(32)26(23)31)21-11-7-9-18-8-5-6-10-20(18)21/h5-13,16,24,30H,14-15H2,1-4H3/b25-23-. The quantitative estimate of drug-likeness (QED) is 0.352. The minimum Gasteiger partial charge on any atom is -0.507 e. The lowest BCUT2D eigenvalue weighted by molar-refractivity contribution is -0.140. The third-order valence-corrected chi connectivity index (χ3v) is 6.11. The molecule has 0 radical (unpaired) electrons. The van der Waals surface area contributed by atoms with Gasteiger partial charge in [0.1, 0.15) is 11.5 Å². The van der Waals surface area contributed by atoms with Gasteiger partial charge >= 0.3 is 0 Å². The number of nitrogens with zero attached hydrogens (tertiary/aromatic N) is 2. The molecule has 1 fully saturated rings. The van der Waals surface area contributed by atoms with Crippen molar-refractivity contribution >= 4 is 28.2 Å². The van der Waals surface area contributed by atoms with E-state index in [1.54, 1.807) is 30.2 Å². The smallest absolute Gasteiger partial charge is 0.295 e. The Balaban J connectivity index is 1.93. The molecule has 0 aromatic heterocycles. The number of ether oxygens (including phenoxy) is 1. The van der Waals surface area contributed by atoms with E-state index in [1.807, 2.05) is 68.4 Å². The summed E-state index contributed by atoms with van der Waals surface area (Å²) in [6.07, 6.45) is 0. The van der Waals surface area contributed by atoms with Gasteiger partial charge in [0.2, 0.25) is 0 Å². The molecule has 1 unspecified atom stereocenters. The van der Waals surface area contributed by atoms with Gasteiger partial charge in [-0.3, -0.25) is 9.59 Å². The highest BCUT2D eigenvalue weighted by atomic mass is 16.5. The Hall–Kier alpha value is -3.64. The SMILES string of the molecule is COc1ccc(/C(O)=C2/C(=O)C(=O)N(CCN(C)C)C2c2cccc3ccccc23)cc1C. The first-order valence-corrected chi connectivity index (χ1v) is 10.9. The molecule has 6 heteroatoms. The Morgan fingerprint density at radius 2 is 1.79 bits per heavy atom. The maximum Gasteiger partial charge on any atom is 0.295 e. The first-order valence-electron chi connectivity index (χ1n) is 10.9. The lowest BCUT2D eigenvalue weighted by Gasteiger charge is -2.27. The molecule has 1 atom stereocenters. The number of aryl methyl sites for hydroxylation is 1. The number of ketones is 1. The molecule has 1 aliphatic rings. The van der Waals surface area contributed by atoms with Gasteiger partial charge in [0, 0.05) is 18.7 Å². The highest BCUT2D eigenvalue weighted by Gasteiger charge is 2.46. The number of carbonyl (C=O) groups is 2. The predicted octanol–water partition coefficient (Wildman–Crippen LogP) is 4.14. The molecular formula is C27H28N2O4. The summed E-state index contributed by atoms with van der Waals surface area (Å²) < 4.78 is 5.32. The zero-order valence-corrected chi connectivity index (χ0v) is 19.3. The highest BCUT2D eigenvalue weighted by molar-refractivity contribution is 6.46. The largest absolute Gasteiger partial charge is 0.507 e. The molecule has 3 aromatic carbocycles. The number of aliphatic hydroxyl groups excluding tert-OH is 1. The van der Waals surface area contributed by atoms with Crippen molar-refractivity contribution in [2.75, 3.05) is 34.3 Å². The van der Waals surface area contributed by atoms with Crippen molar-refractivity contribution < 1.29 is 19.4 Å². The normalized spacial score (nSPS) is 17.8. The van der Waals surface area contributed by atoms with Crippen LogP contribution >= 0.6 is 0 Å². The van der Waals surface area contributed by atoms with Gasteiger partial charge in [-0.05, 0) is 61.1 Å². The van der Waals surface area contributed by atoms with Crippen LogP contribution in [0.4, 0.5) is 0 Å². The first-order chi connectivity index (χ1) is 15.8. The van der Waals surface area contributed by atoms with Gasteiger partial charge < -0.3 is 19.6 Å². The number of hydrogen-bond donors (Lipinski definition) is 1. The minimum atomic E-state index is -0.682. The molecule has 1 heterocycles. The maximum atomic E-state index is 13.3.